The normalized spacial score (nSPS) is 24.9. The standard InChI is InChI=1S/C9H11F3/c1-6-4-3-5-8(7(6)2)9(10,11)12/h3,5-6H,4H2,1-2H3. The molecule has 0 radical (unpaired) electrons. The molecule has 0 saturated heterocycles. The predicted octanol–water partition coefficient (Wildman–Crippen LogP) is 3.46. The van der Waals surface area contributed by atoms with Crippen LogP contribution in [0.5, 0.6) is 0 Å². The fourth-order valence-corrected chi connectivity index (χ4v) is 1.28. The first-order valence-electron chi connectivity index (χ1n) is 3.87. The molecule has 1 aliphatic rings. The van der Waals surface area contributed by atoms with Crippen LogP contribution in [0.1, 0.15) is 20.3 Å². The highest BCUT2D eigenvalue weighted by Gasteiger charge is 2.35. The van der Waals surface area contributed by atoms with Crippen LogP contribution in [0.3, 0.4) is 0 Å². The van der Waals surface area contributed by atoms with Gasteiger partial charge in [-0.25, -0.2) is 0 Å². The lowest BCUT2D eigenvalue weighted by Gasteiger charge is -2.20. The highest BCUT2D eigenvalue weighted by atomic mass is 19.4. The zero-order chi connectivity index (χ0) is 9.35. The monoisotopic (exact) mass is 176 g/mol. The van der Waals surface area contributed by atoms with Crippen molar-refractivity contribution in [1.82, 2.24) is 0 Å². The Labute approximate surface area is 69.8 Å². The van der Waals surface area contributed by atoms with Crippen molar-refractivity contribution in [3.8, 4) is 0 Å². The zero-order valence-electron chi connectivity index (χ0n) is 7.07. The van der Waals surface area contributed by atoms with Gasteiger partial charge in [0.1, 0.15) is 0 Å². The molecule has 0 aromatic rings. The van der Waals surface area contributed by atoms with Crippen LogP contribution in [-0.4, -0.2) is 6.18 Å². The number of halogens is 3. The van der Waals surface area contributed by atoms with Gasteiger partial charge in [-0.05, 0) is 19.3 Å². The summed E-state index contributed by atoms with van der Waals surface area (Å²) in [5, 5.41) is 0. The molecule has 1 atom stereocenters. The van der Waals surface area contributed by atoms with Gasteiger partial charge in [0, 0.05) is 0 Å². The van der Waals surface area contributed by atoms with Crippen molar-refractivity contribution >= 4 is 0 Å². The molecule has 0 bridgehead atoms. The van der Waals surface area contributed by atoms with Gasteiger partial charge in [-0.1, -0.05) is 24.6 Å². The molecule has 0 aromatic carbocycles. The van der Waals surface area contributed by atoms with Crippen molar-refractivity contribution in [2.24, 2.45) is 5.92 Å². The molecule has 0 aromatic heterocycles. The first-order chi connectivity index (χ1) is 5.43. The molecule has 1 unspecified atom stereocenters. The van der Waals surface area contributed by atoms with Gasteiger partial charge in [0.15, 0.2) is 0 Å². The summed E-state index contributed by atoms with van der Waals surface area (Å²) in [6.45, 7) is 3.36. The maximum Gasteiger partial charge on any atom is 0.416 e. The second kappa shape index (κ2) is 2.96. The maximum absolute atomic E-state index is 12.3. The summed E-state index contributed by atoms with van der Waals surface area (Å²) in [7, 11) is 0. The Morgan fingerprint density at radius 1 is 1.42 bits per heavy atom. The first-order valence-corrected chi connectivity index (χ1v) is 3.87. The van der Waals surface area contributed by atoms with E-state index >= 15 is 0 Å². The van der Waals surface area contributed by atoms with Crippen LogP contribution in [-0.2, 0) is 0 Å². The Kier molecular flexibility index (Phi) is 2.31. The SMILES string of the molecule is CC1=C(C(F)(F)F)C=CCC1C. The lowest BCUT2D eigenvalue weighted by Crippen LogP contribution is -2.16. The number of rotatable bonds is 0. The van der Waals surface area contributed by atoms with Crippen LogP contribution < -0.4 is 0 Å². The summed E-state index contributed by atoms with van der Waals surface area (Å²) < 4.78 is 36.8. The molecular formula is C9H11F3. The lowest BCUT2D eigenvalue weighted by atomic mass is 9.89. The minimum Gasteiger partial charge on any atom is -0.166 e. The Morgan fingerprint density at radius 3 is 2.42 bits per heavy atom. The minimum atomic E-state index is -4.19. The molecule has 0 heterocycles. The topological polar surface area (TPSA) is 0 Å². The van der Waals surface area contributed by atoms with Crippen molar-refractivity contribution in [2.75, 3.05) is 0 Å². The van der Waals surface area contributed by atoms with Crippen molar-refractivity contribution in [1.29, 1.82) is 0 Å². The lowest BCUT2D eigenvalue weighted by molar-refractivity contribution is -0.0896. The first kappa shape index (κ1) is 9.36. The Bertz CT molecular complexity index is 233. The largest absolute Gasteiger partial charge is 0.416 e. The van der Waals surface area contributed by atoms with Gasteiger partial charge < -0.3 is 0 Å². The van der Waals surface area contributed by atoms with E-state index in [1.54, 1.807) is 13.0 Å². The van der Waals surface area contributed by atoms with Crippen molar-refractivity contribution < 1.29 is 13.2 Å². The van der Waals surface area contributed by atoms with Crippen molar-refractivity contribution in [3.63, 3.8) is 0 Å². The Balaban J connectivity index is 3.02. The maximum atomic E-state index is 12.3. The number of allylic oxidation sites excluding steroid dienone is 4. The van der Waals surface area contributed by atoms with Crippen molar-refractivity contribution in [3.05, 3.63) is 23.3 Å². The molecule has 0 nitrogen and oxygen atoms in total. The van der Waals surface area contributed by atoms with Crippen LogP contribution in [0.15, 0.2) is 23.3 Å². The molecule has 0 fully saturated rings. The van der Waals surface area contributed by atoms with E-state index in [4.69, 9.17) is 0 Å². The fraction of sp³-hybridized carbons (Fsp3) is 0.556. The second-order valence-corrected chi connectivity index (χ2v) is 3.13. The average molecular weight is 176 g/mol. The summed E-state index contributed by atoms with van der Waals surface area (Å²) in [5.41, 5.74) is -0.0220. The average Bonchev–Trinajstić information content (AvgIpc) is 1.92. The van der Waals surface area contributed by atoms with Crippen molar-refractivity contribution in [2.45, 2.75) is 26.4 Å². The fourth-order valence-electron chi connectivity index (χ4n) is 1.28. The van der Waals surface area contributed by atoms with Gasteiger partial charge in [-0.15, -0.1) is 0 Å². The molecule has 0 amide bonds. The second-order valence-electron chi connectivity index (χ2n) is 3.13. The zero-order valence-corrected chi connectivity index (χ0v) is 7.07. The highest BCUT2D eigenvalue weighted by Crippen LogP contribution is 2.35. The third-order valence-corrected chi connectivity index (χ3v) is 2.24. The van der Waals surface area contributed by atoms with Gasteiger partial charge in [0.25, 0.3) is 0 Å². The van der Waals surface area contributed by atoms with E-state index in [0.717, 1.165) is 0 Å². The molecule has 0 spiro atoms. The third kappa shape index (κ3) is 1.71. The van der Waals surface area contributed by atoms with Gasteiger partial charge in [0.05, 0.1) is 5.57 Å². The van der Waals surface area contributed by atoms with E-state index in [2.05, 4.69) is 0 Å². The molecule has 0 saturated carbocycles. The molecule has 1 aliphatic carbocycles. The Hall–Kier alpha value is -0.730. The predicted molar refractivity (Wildman–Crippen MR) is 41.7 cm³/mol. The number of hydrogen-bond acceptors (Lipinski definition) is 0. The van der Waals surface area contributed by atoms with E-state index in [1.807, 2.05) is 6.92 Å². The van der Waals surface area contributed by atoms with E-state index in [1.165, 1.54) is 6.08 Å². The number of alkyl halides is 3. The van der Waals surface area contributed by atoms with Crippen LogP contribution in [0, 0.1) is 5.92 Å². The molecule has 3 heteroatoms. The molecule has 68 valence electrons. The van der Waals surface area contributed by atoms with Crippen LogP contribution in [0.4, 0.5) is 13.2 Å². The van der Waals surface area contributed by atoms with E-state index in [-0.39, 0.29) is 5.92 Å². The summed E-state index contributed by atoms with van der Waals surface area (Å²) in [4.78, 5) is 0. The molecule has 12 heavy (non-hydrogen) atoms. The summed E-state index contributed by atoms with van der Waals surface area (Å²) in [6.07, 6.45) is -0.712. The highest BCUT2D eigenvalue weighted by molar-refractivity contribution is 5.33. The molecule has 1 rings (SSSR count). The van der Waals surface area contributed by atoms with Gasteiger partial charge >= 0.3 is 6.18 Å². The minimum absolute atomic E-state index is 0.0200. The van der Waals surface area contributed by atoms with E-state index in [0.29, 0.717) is 12.0 Å². The van der Waals surface area contributed by atoms with E-state index in [9.17, 15) is 13.2 Å². The Morgan fingerprint density at radius 2 is 2.00 bits per heavy atom. The van der Waals surface area contributed by atoms with Gasteiger partial charge in [0.2, 0.25) is 0 Å². The van der Waals surface area contributed by atoms with Crippen LogP contribution in [0.2, 0.25) is 0 Å². The molecule has 0 N–H and O–H groups in total. The van der Waals surface area contributed by atoms with E-state index < -0.39 is 11.7 Å². The van der Waals surface area contributed by atoms with Gasteiger partial charge in [-0.2, -0.15) is 13.2 Å². The molecular weight excluding hydrogens is 165 g/mol. The quantitative estimate of drug-likeness (QED) is 0.530. The third-order valence-electron chi connectivity index (χ3n) is 2.24. The van der Waals surface area contributed by atoms with Gasteiger partial charge in [-0.3, -0.25) is 0 Å². The smallest absolute Gasteiger partial charge is 0.166 e. The van der Waals surface area contributed by atoms with Crippen LogP contribution >= 0.6 is 0 Å². The summed E-state index contributed by atoms with van der Waals surface area (Å²) >= 11 is 0. The summed E-state index contributed by atoms with van der Waals surface area (Å²) in [6, 6.07) is 0. The molecule has 0 aliphatic heterocycles. The van der Waals surface area contributed by atoms with Crippen LogP contribution in [0.25, 0.3) is 0 Å². The number of hydrogen-bond donors (Lipinski definition) is 0. The summed E-state index contributed by atoms with van der Waals surface area (Å²) in [5.74, 6) is 0.0200.